The molecule has 2 aliphatic heterocycles. The Hall–Kier alpha value is -2.75. The molecule has 1 fully saturated rings. The molecule has 31 heavy (non-hydrogen) atoms. The Bertz CT molecular complexity index is 1020. The Morgan fingerprint density at radius 1 is 1.29 bits per heavy atom. The first kappa shape index (κ1) is 21.5. The first-order valence-corrected chi connectivity index (χ1v) is 10.7. The lowest BCUT2D eigenvalue weighted by atomic mass is 10.00. The van der Waals surface area contributed by atoms with Gasteiger partial charge in [-0.25, -0.2) is 23.8 Å². The van der Waals surface area contributed by atoms with Crippen molar-refractivity contribution in [1.29, 1.82) is 0 Å². The molecule has 0 unspecified atom stereocenters. The van der Waals surface area contributed by atoms with E-state index in [1.807, 2.05) is 25.7 Å². The van der Waals surface area contributed by atoms with Crippen LogP contribution in [0.3, 0.4) is 0 Å². The van der Waals surface area contributed by atoms with E-state index in [9.17, 15) is 9.18 Å². The first-order chi connectivity index (χ1) is 14.6. The van der Waals surface area contributed by atoms with Gasteiger partial charge < -0.3 is 15.5 Å². The summed E-state index contributed by atoms with van der Waals surface area (Å²) in [7, 11) is 2.08. The number of amides is 2. The zero-order valence-corrected chi connectivity index (χ0v) is 19.1. The summed E-state index contributed by atoms with van der Waals surface area (Å²) in [6, 6.07) is 0.321. The zero-order chi connectivity index (χ0) is 22.7. The van der Waals surface area contributed by atoms with Gasteiger partial charge in [-0.05, 0) is 34.7 Å². The van der Waals surface area contributed by atoms with Crippen LogP contribution in [0.2, 0.25) is 0 Å². The predicted molar refractivity (Wildman–Crippen MR) is 115 cm³/mol. The van der Waals surface area contributed by atoms with Crippen LogP contribution in [0.15, 0.2) is 6.20 Å². The average molecular weight is 431 g/mol. The molecule has 9 nitrogen and oxygen atoms in total. The maximum absolute atomic E-state index is 14.7. The number of halogens is 1. The number of hydrogen-bond acceptors (Lipinski definition) is 6. The normalized spacial score (nSPS) is 23.3. The highest BCUT2D eigenvalue weighted by atomic mass is 19.1. The Morgan fingerprint density at radius 2 is 2.00 bits per heavy atom. The van der Waals surface area contributed by atoms with Gasteiger partial charge in [0.25, 0.3) is 0 Å². The monoisotopic (exact) mass is 430 g/mol. The summed E-state index contributed by atoms with van der Waals surface area (Å²) in [5.74, 6) is 0.283. The van der Waals surface area contributed by atoms with E-state index in [-0.39, 0.29) is 29.8 Å². The lowest BCUT2D eigenvalue weighted by molar-refractivity contribution is 0.0454. The van der Waals surface area contributed by atoms with Gasteiger partial charge in [0.2, 0.25) is 0 Å². The number of rotatable bonds is 2. The molecule has 168 valence electrons. The van der Waals surface area contributed by atoms with Crippen LogP contribution in [0.25, 0.3) is 5.82 Å². The van der Waals surface area contributed by atoms with Crippen molar-refractivity contribution < 1.29 is 9.18 Å². The maximum atomic E-state index is 14.7. The fraction of sp³-hybridized carbons (Fsp3) is 0.619. The van der Waals surface area contributed by atoms with Crippen molar-refractivity contribution in [3.63, 3.8) is 0 Å². The summed E-state index contributed by atoms with van der Waals surface area (Å²) in [6.07, 6.45) is 1.73. The number of piperazine rings is 1. The Balaban J connectivity index is 1.73. The molecule has 0 aromatic carbocycles. The summed E-state index contributed by atoms with van der Waals surface area (Å²) < 4.78 is 16.1. The van der Waals surface area contributed by atoms with Gasteiger partial charge in [-0.1, -0.05) is 6.92 Å². The molecular weight excluding hydrogens is 399 g/mol. The van der Waals surface area contributed by atoms with E-state index < -0.39 is 11.4 Å². The Labute approximate surface area is 182 Å². The van der Waals surface area contributed by atoms with Crippen LogP contribution < -0.4 is 5.73 Å². The number of hydrogen-bond donors (Lipinski definition) is 1. The highest BCUT2D eigenvalue weighted by Gasteiger charge is 2.48. The van der Waals surface area contributed by atoms with Gasteiger partial charge >= 0.3 is 6.03 Å². The minimum absolute atomic E-state index is 0.0444. The largest absolute Gasteiger partial charge is 0.382 e. The molecule has 2 aromatic rings. The lowest BCUT2D eigenvalue weighted by Gasteiger charge is -2.45. The van der Waals surface area contributed by atoms with Crippen LogP contribution >= 0.6 is 0 Å². The van der Waals surface area contributed by atoms with Crippen molar-refractivity contribution in [2.45, 2.75) is 65.2 Å². The minimum Gasteiger partial charge on any atom is -0.382 e. The molecule has 0 saturated carbocycles. The van der Waals surface area contributed by atoms with E-state index in [0.717, 1.165) is 18.3 Å². The fourth-order valence-corrected chi connectivity index (χ4v) is 4.63. The number of aryl methyl sites for hydroxylation is 1. The van der Waals surface area contributed by atoms with Crippen LogP contribution in [0.4, 0.5) is 15.0 Å². The SMILES string of the molecule is CCc1ncc(F)c(-n2nc(N)c3c2C(C)(C)N(C(=O)N2C[C@@H](C)N(C)C[C@@H]2C)C3)n1. The molecule has 2 N–H and O–H groups in total. The Kier molecular flexibility index (Phi) is 5.15. The number of aromatic nitrogens is 4. The standard InChI is InChI=1S/C21H31FN8O/c1-7-16-24-8-15(22)19(25-16)30-17-14(18(23)26-30)11-29(21(17,4)5)20(31)28-10-12(2)27(6)9-13(28)3/h8,12-13H,7,9-11H2,1-6H3,(H2,23,26)/t12-,13+/m1/s1. The molecule has 4 heterocycles. The number of carbonyl (C=O) groups excluding carboxylic acids is 1. The molecule has 2 amide bonds. The lowest BCUT2D eigenvalue weighted by Crippen LogP contribution is -2.60. The second-order valence-electron chi connectivity index (χ2n) is 9.15. The molecule has 2 aliphatic rings. The number of nitrogens with zero attached hydrogens (tertiary/aromatic N) is 7. The molecule has 2 atom stereocenters. The molecule has 0 aliphatic carbocycles. The van der Waals surface area contributed by atoms with Gasteiger partial charge in [0, 0.05) is 37.2 Å². The van der Waals surface area contributed by atoms with Crippen molar-refractivity contribution in [3.8, 4) is 5.82 Å². The highest BCUT2D eigenvalue weighted by molar-refractivity contribution is 5.78. The Morgan fingerprint density at radius 3 is 2.68 bits per heavy atom. The second-order valence-corrected chi connectivity index (χ2v) is 9.15. The van der Waals surface area contributed by atoms with E-state index in [4.69, 9.17) is 5.73 Å². The van der Waals surface area contributed by atoms with E-state index >= 15 is 0 Å². The third-order valence-electron chi connectivity index (χ3n) is 6.65. The summed E-state index contributed by atoms with van der Waals surface area (Å²) in [5, 5.41) is 4.38. The summed E-state index contributed by atoms with van der Waals surface area (Å²) in [6.45, 7) is 11.8. The van der Waals surface area contributed by atoms with E-state index in [2.05, 4.69) is 40.9 Å². The summed E-state index contributed by atoms with van der Waals surface area (Å²) in [4.78, 5) is 28.0. The number of carbonyl (C=O) groups is 1. The number of urea groups is 1. The van der Waals surface area contributed by atoms with Crippen molar-refractivity contribution in [1.82, 2.24) is 34.4 Å². The topological polar surface area (TPSA) is 96.4 Å². The maximum Gasteiger partial charge on any atom is 0.321 e. The third kappa shape index (κ3) is 3.33. The molecule has 1 saturated heterocycles. The first-order valence-electron chi connectivity index (χ1n) is 10.7. The molecule has 10 heteroatoms. The van der Waals surface area contributed by atoms with Crippen LogP contribution in [0.1, 0.15) is 51.7 Å². The van der Waals surface area contributed by atoms with Gasteiger partial charge in [-0.3, -0.25) is 4.90 Å². The fourth-order valence-electron chi connectivity index (χ4n) is 4.63. The quantitative estimate of drug-likeness (QED) is 0.784. The predicted octanol–water partition coefficient (Wildman–Crippen LogP) is 2.14. The second kappa shape index (κ2) is 7.44. The van der Waals surface area contributed by atoms with Crippen molar-refractivity contribution in [3.05, 3.63) is 29.1 Å². The zero-order valence-electron chi connectivity index (χ0n) is 19.1. The summed E-state index contributed by atoms with van der Waals surface area (Å²) in [5.41, 5.74) is 6.91. The summed E-state index contributed by atoms with van der Waals surface area (Å²) >= 11 is 0. The van der Waals surface area contributed by atoms with Gasteiger partial charge in [-0.2, -0.15) is 0 Å². The van der Waals surface area contributed by atoms with E-state index in [1.165, 1.54) is 4.68 Å². The molecule has 0 spiro atoms. The van der Waals surface area contributed by atoms with Crippen LogP contribution in [-0.4, -0.2) is 72.7 Å². The number of anilines is 1. The highest BCUT2D eigenvalue weighted by Crippen LogP contribution is 2.43. The van der Waals surface area contributed by atoms with Gasteiger partial charge in [0.15, 0.2) is 17.5 Å². The van der Waals surface area contributed by atoms with E-state index in [0.29, 0.717) is 31.0 Å². The van der Waals surface area contributed by atoms with Crippen molar-refractivity contribution in [2.24, 2.45) is 0 Å². The number of nitrogen functional groups attached to an aromatic ring is 1. The molecule has 0 radical (unpaired) electrons. The van der Waals surface area contributed by atoms with Crippen LogP contribution in [0.5, 0.6) is 0 Å². The van der Waals surface area contributed by atoms with Gasteiger partial charge in [0.1, 0.15) is 5.82 Å². The van der Waals surface area contributed by atoms with Crippen LogP contribution in [-0.2, 0) is 18.5 Å². The minimum atomic E-state index is -0.743. The molecular formula is C21H31FN8O. The van der Waals surface area contributed by atoms with Crippen molar-refractivity contribution >= 4 is 11.8 Å². The third-order valence-corrected chi connectivity index (χ3v) is 6.65. The van der Waals surface area contributed by atoms with Gasteiger partial charge in [-0.15, -0.1) is 5.10 Å². The molecule has 0 bridgehead atoms. The number of fused-ring (bicyclic) bond motifs is 1. The number of nitrogens with two attached hydrogens (primary N) is 1. The smallest absolute Gasteiger partial charge is 0.321 e. The van der Waals surface area contributed by atoms with Crippen LogP contribution in [0, 0.1) is 5.82 Å². The molecule has 2 aromatic heterocycles. The van der Waals surface area contributed by atoms with Crippen molar-refractivity contribution in [2.75, 3.05) is 25.9 Å². The average Bonchev–Trinajstić information content (AvgIpc) is 3.19. The number of likely N-dealkylation sites (N-methyl/N-ethyl adjacent to an activating group) is 1. The van der Waals surface area contributed by atoms with E-state index in [1.54, 1.807) is 4.90 Å². The van der Waals surface area contributed by atoms with Gasteiger partial charge in [0.05, 0.1) is 24.0 Å². The molecule has 4 rings (SSSR count).